The van der Waals surface area contributed by atoms with E-state index in [1.54, 1.807) is 30.2 Å². The van der Waals surface area contributed by atoms with Crippen molar-refractivity contribution in [1.82, 2.24) is 19.5 Å². The van der Waals surface area contributed by atoms with Crippen LogP contribution in [-0.4, -0.2) is 34.5 Å². The van der Waals surface area contributed by atoms with Crippen molar-refractivity contribution in [1.29, 1.82) is 0 Å². The van der Waals surface area contributed by atoms with Crippen molar-refractivity contribution in [2.45, 2.75) is 47.0 Å². The number of hydrogen-bond acceptors (Lipinski definition) is 5. The minimum absolute atomic E-state index is 0.124. The molecule has 0 aliphatic heterocycles. The van der Waals surface area contributed by atoms with Crippen LogP contribution in [0.1, 0.15) is 25.7 Å². The lowest BCUT2D eigenvalue weighted by Gasteiger charge is -2.31. The van der Waals surface area contributed by atoms with E-state index in [1.165, 1.54) is 12.1 Å². The van der Waals surface area contributed by atoms with Crippen LogP contribution in [0.4, 0.5) is 0 Å². The Morgan fingerprint density at radius 3 is 2.62 bits per heavy atom. The molecule has 6 nitrogen and oxygen atoms in total. The van der Waals surface area contributed by atoms with Crippen LogP contribution in [0.25, 0.3) is 0 Å². The van der Waals surface area contributed by atoms with Crippen LogP contribution >= 0.6 is 23.4 Å². The predicted molar refractivity (Wildman–Crippen MR) is 94.7 cm³/mol. The minimum Gasteiger partial charge on any atom is -0.312 e. The summed E-state index contributed by atoms with van der Waals surface area (Å²) in [5, 5.41) is 9.44. The van der Waals surface area contributed by atoms with E-state index < -0.39 is 10.0 Å². The van der Waals surface area contributed by atoms with Crippen LogP contribution in [0.2, 0.25) is 5.02 Å². The molecular weight excluding hydrogens is 368 g/mol. The summed E-state index contributed by atoms with van der Waals surface area (Å²) in [5.41, 5.74) is 0. The van der Waals surface area contributed by atoms with Crippen LogP contribution in [0.15, 0.2) is 40.6 Å². The molecule has 1 fully saturated rings. The van der Waals surface area contributed by atoms with Gasteiger partial charge in [0, 0.05) is 23.4 Å². The highest BCUT2D eigenvalue weighted by molar-refractivity contribution is 7.99. The van der Waals surface area contributed by atoms with Crippen LogP contribution < -0.4 is 4.72 Å². The summed E-state index contributed by atoms with van der Waals surface area (Å²) < 4.78 is 30.0. The van der Waals surface area contributed by atoms with Gasteiger partial charge in [0.2, 0.25) is 10.0 Å². The number of nitrogens with one attached hydrogen (secondary N) is 1. The van der Waals surface area contributed by atoms with Crippen LogP contribution in [0.5, 0.6) is 0 Å². The molecule has 9 heteroatoms. The first-order chi connectivity index (χ1) is 11.5. The maximum Gasteiger partial charge on any atom is 0.240 e. The molecule has 0 amide bonds. The van der Waals surface area contributed by atoms with Gasteiger partial charge in [-0.25, -0.2) is 13.1 Å². The molecule has 0 unspecified atom stereocenters. The molecule has 1 aliphatic rings. The van der Waals surface area contributed by atoms with Gasteiger partial charge in [-0.3, -0.25) is 0 Å². The zero-order valence-electron chi connectivity index (χ0n) is 13.2. The Bertz CT molecular complexity index is 792. The maximum absolute atomic E-state index is 12.6. The normalized spacial score (nSPS) is 21.8. The molecule has 0 radical (unpaired) electrons. The molecule has 1 saturated carbocycles. The summed E-state index contributed by atoms with van der Waals surface area (Å²) in [6, 6.07) is 6.10. The molecule has 1 N–H and O–H groups in total. The van der Waals surface area contributed by atoms with E-state index in [-0.39, 0.29) is 16.2 Å². The smallest absolute Gasteiger partial charge is 0.240 e. The first-order valence-corrected chi connectivity index (χ1v) is 10.5. The average molecular weight is 387 g/mol. The van der Waals surface area contributed by atoms with Gasteiger partial charge < -0.3 is 4.57 Å². The Balaban J connectivity index is 1.75. The second kappa shape index (κ2) is 7.43. The van der Waals surface area contributed by atoms with Gasteiger partial charge in [0.15, 0.2) is 5.16 Å². The Morgan fingerprint density at radius 1 is 1.25 bits per heavy atom. The van der Waals surface area contributed by atoms with Gasteiger partial charge >= 0.3 is 0 Å². The van der Waals surface area contributed by atoms with E-state index >= 15 is 0 Å². The number of thioether (sulfide) groups is 1. The van der Waals surface area contributed by atoms with Crippen molar-refractivity contribution in [2.75, 3.05) is 0 Å². The highest BCUT2D eigenvalue weighted by Gasteiger charge is 2.31. The van der Waals surface area contributed by atoms with Crippen LogP contribution in [-0.2, 0) is 17.1 Å². The molecule has 0 spiro atoms. The molecule has 2 aromatic rings. The molecule has 130 valence electrons. The SMILES string of the molecule is Cn1cnnc1S[C@@H]1CCCC[C@H]1NS(=O)(=O)c1ccc(Cl)cc1. The zero-order chi connectivity index (χ0) is 17.2. The first-order valence-electron chi connectivity index (χ1n) is 7.74. The lowest BCUT2D eigenvalue weighted by atomic mass is 9.96. The van der Waals surface area contributed by atoms with Crippen LogP contribution in [0.3, 0.4) is 0 Å². The highest BCUT2D eigenvalue weighted by Crippen LogP contribution is 2.33. The summed E-state index contributed by atoms with van der Waals surface area (Å²) in [6.45, 7) is 0. The van der Waals surface area contributed by atoms with Gasteiger partial charge in [-0.2, -0.15) is 0 Å². The Hall–Kier alpha value is -1.09. The van der Waals surface area contributed by atoms with E-state index in [2.05, 4.69) is 14.9 Å². The zero-order valence-corrected chi connectivity index (χ0v) is 15.6. The van der Waals surface area contributed by atoms with Gasteiger partial charge in [-0.1, -0.05) is 36.2 Å². The van der Waals surface area contributed by atoms with Gasteiger partial charge in [0.1, 0.15) is 6.33 Å². The molecule has 24 heavy (non-hydrogen) atoms. The Morgan fingerprint density at radius 2 is 1.96 bits per heavy atom. The van der Waals surface area contributed by atoms with Crippen LogP contribution in [0, 0.1) is 0 Å². The third kappa shape index (κ3) is 4.11. The van der Waals surface area contributed by atoms with E-state index in [0.29, 0.717) is 5.02 Å². The van der Waals surface area contributed by atoms with E-state index in [1.807, 2.05) is 11.6 Å². The standard InChI is InChI=1S/C15H19ClN4O2S2/c1-20-10-17-18-15(20)23-14-5-3-2-4-13(14)19-24(21,22)12-8-6-11(16)7-9-12/h6-10,13-14,19H,2-5H2,1H3/t13-,14-/m1/s1. The molecule has 0 saturated heterocycles. The third-order valence-corrected chi connectivity index (χ3v) is 7.26. The summed E-state index contributed by atoms with van der Waals surface area (Å²) in [7, 11) is -1.68. The first kappa shape index (κ1) is 17.7. The van der Waals surface area contributed by atoms with Crippen molar-refractivity contribution in [3.05, 3.63) is 35.6 Å². The van der Waals surface area contributed by atoms with Gasteiger partial charge in [-0.15, -0.1) is 10.2 Å². The maximum atomic E-state index is 12.6. The summed E-state index contributed by atoms with van der Waals surface area (Å²) in [5.74, 6) is 0. The number of aromatic nitrogens is 3. The van der Waals surface area contributed by atoms with Gasteiger partial charge in [0.25, 0.3) is 0 Å². The predicted octanol–water partition coefficient (Wildman–Crippen LogP) is 2.85. The molecule has 2 atom stereocenters. The third-order valence-electron chi connectivity index (χ3n) is 4.06. The quantitative estimate of drug-likeness (QED) is 0.854. The van der Waals surface area contributed by atoms with Gasteiger partial charge in [0.05, 0.1) is 4.90 Å². The fraction of sp³-hybridized carbons (Fsp3) is 0.467. The molecule has 3 rings (SSSR count). The largest absolute Gasteiger partial charge is 0.312 e. The number of aryl methyl sites for hydroxylation is 1. The minimum atomic E-state index is -3.56. The molecule has 1 aromatic heterocycles. The number of benzene rings is 1. The molecule has 1 aliphatic carbocycles. The van der Waals surface area contributed by atoms with E-state index in [4.69, 9.17) is 11.6 Å². The Labute approximate surface area is 151 Å². The summed E-state index contributed by atoms with van der Waals surface area (Å²) in [6.07, 6.45) is 5.53. The Kier molecular flexibility index (Phi) is 5.49. The topological polar surface area (TPSA) is 76.9 Å². The van der Waals surface area contributed by atoms with E-state index in [0.717, 1.165) is 30.8 Å². The lowest BCUT2D eigenvalue weighted by Crippen LogP contribution is -2.43. The number of rotatable bonds is 5. The fourth-order valence-electron chi connectivity index (χ4n) is 2.77. The highest BCUT2D eigenvalue weighted by atomic mass is 35.5. The molecule has 1 heterocycles. The van der Waals surface area contributed by atoms with E-state index in [9.17, 15) is 8.42 Å². The van der Waals surface area contributed by atoms with Gasteiger partial charge in [-0.05, 0) is 37.1 Å². The number of sulfonamides is 1. The summed E-state index contributed by atoms with van der Waals surface area (Å²) >= 11 is 7.42. The molecule has 1 aromatic carbocycles. The van der Waals surface area contributed by atoms with Crippen molar-refractivity contribution in [3.8, 4) is 0 Å². The summed E-state index contributed by atoms with van der Waals surface area (Å²) in [4.78, 5) is 0.236. The average Bonchev–Trinajstić information content (AvgIpc) is 2.94. The van der Waals surface area contributed by atoms with Crippen molar-refractivity contribution in [2.24, 2.45) is 7.05 Å². The lowest BCUT2D eigenvalue weighted by molar-refractivity contribution is 0.422. The van der Waals surface area contributed by atoms with Crippen molar-refractivity contribution >= 4 is 33.4 Å². The second-order valence-electron chi connectivity index (χ2n) is 5.85. The number of halogens is 1. The fourth-order valence-corrected chi connectivity index (χ4v) is 5.52. The monoisotopic (exact) mass is 386 g/mol. The second-order valence-corrected chi connectivity index (χ2v) is 9.20. The number of hydrogen-bond donors (Lipinski definition) is 1. The molecule has 0 bridgehead atoms. The number of nitrogens with zero attached hydrogens (tertiary/aromatic N) is 3. The molecular formula is C15H19ClN4O2S2. The van der Waals surface area contributed by atoms with Crippen molar-refractivity contribution in [3.63, 3.8) is 0 Å². The van der Waals surface area contributed by atoms with Crippen molar-refractivity contribution < 1.29 is 8.42 Å².